The Kier molecular flexibility index (Phi) is 1.68. The van der Waals surface area contributed by atoms with Gasteiger partial charge in [-0.2, -0.15) is 0 Å². The first kappa shape index (κ1) is 7.80. The molecule has 0 radical (unpaired) electrons. The highest BCUT2D eigenvalue weighted by Gasteiger charge is 2.10. The zero-order chi connectivity index (χ0) is 8.72. The van der Waals surface area contributed by atoms with Gasteiger partial charge in [-0.25, -0.2) is 4.39 Å². The molecule has 12 heavy (non-hydrogen) atoms. The van der Waals surface area contributed by atoms with E-state index in [1.54, 1.807) is 12.1 Å². The summed E-state index contributed by atoms with van der Waals surface area (Å²) in [5, 5.41) is 0.560. The van der Waals surface area contributed by atoms with Gasteiger partial charge in [0, 0.05) is 5.56 Å². The van der Waals surface area contributed by atoms with Crippen LogP contribution in [-0.2, 0) is 0 Å². The van der Waals surface area contributed by atoms with Gasteiger partial charge in [-0.05, 0) is 35.0 Å². The van der Waals surface area contributed by atoms with Gasteiger partial charge in [0.25, 0.3) is 0 Å². The number of aryl methyl sites for hydroxylation is 1. The van der Waals surface area contributed by atoms with Crippen LogP contribution in [0.15, 0.2) is 27.3 Å². The third-order valence-electron chi connectivity index (χ3n) is 1.84. The fraction of sp³-hybridized carbons (Fsp3) is 0.111. The molecule has 0 bridgehead atoms. The highest BCUT2D eigenvalue weighted by Crippen LogP contribution is 2.30. The molecule has 0 N–H and O–H groups in total. The van der Waals surface area contributed by atoms with Crippen LogP contribution in [0.25, 0.3) is 11.0 Å². The first-order valence-corrected chi connectivity index (χ1v) is 4.32. The predicted octanol–water partition coefficient (Wildman–Crippen LogP) is 3.64. The molecular weight excluding hydrogens is 223 g/mol. The number of halogens is 2. The Hall–Kier alpha value is -0.830. The van der Waals surface area contributed by atoms with Crippen LogP contribution in [0.1, 0.15) is 5.56 Å². The van der Waals surface area contributed by atoms with E-state index in [9.17, 15) is 4.39 Å². The van der Waals surface area contributed by atoms with Crippen LogP contribution in [0, 0.1) is 12.7 Å². The molecule has 0 spiro atoms. The summed E-state index contributed by atoms with van der Waals surface area (Å²) in [7, 11) is 0. The van der Waals surface area contributed by atoms with Gasteiger partial charge in [-0.3, -0.25) is 0 Å². The third kappa shape index (κ3) is 0.966. The Labute approximate surface area is 77.3 Å². The van der Waals surface area contributed by atoms with Gasteiger partial charge in [0.1, 0.15) is 11.4 Å². The molecule has 0 aliphatic heterocycles. The van der Waals surface area contributed by atoms with E-state index < -0.39 is 0 Å². The highest BCUT2D eigenvalue weighted by atomic mass is 79.9. The van der Waals surface area contributed by atoms with Gasteiger partial charge in [0.05, 0.1) is 5.39 Å². The number of benzene rings is 1. The van der Waals surface area contributed by atoms with Crippen molar-refractivity contribution in [1.29, 1.82) is 0 Å². The normalized spacial score (nSPS) is 10.9. The Balaban J connectivity index is 2.97. The number of hydrogen-bond acceptors (Lipinski definition) is 1. The van der Waals surface area contributed by atoms with Crippen LogP contribution in [0.4, 0.5) is 4.39 Å². The van der Waals surface area contributed by atoms with Crippen LogP contribution in [0.3, 0.4) is 0 Å². The van der Waals surface area contributed by atoms with Crippen LogP contribution >= 0.6 is 15.9 Å². The van der Waals surface area contributed by atoms with E-state index in [4.69, 9.17) is 4.42 Å². The van der Waals surface area contributed by atoms with E-state index in [0.29, 0.717) is 15.6 Å². The molecule has 0 unspecified atom stereocenters. The van der Waals surface area contributed by atoms with E-state index in [0.717, 1.165) is 5.56 Å². The molecule has 1 nitrogen and oxygen atoms in total. The fourth-order valence-corrected chi connectivity index (χ4v) is 1.60. The fourth-order valence-electron chi connectivity index (χ4n) is 1.22. The van der Waals surface area contributed by atoms with Crippen molar-refractivity contribution in [1.82, 2.24) is 0 Å². The smallest absolute Gasteiger partial charge is 0.173 e. The summed E-state index contributed by atoms with van der Waals surface area (Å²) < 4.78 is 19.0. The van der Waals surface area contributed by atoms with Crippen molar-refractivity contribution in [2.75, 3.05) is 0 Å². The highest BCUT2D eigenvalue weighted by molar-refractivity contribution is 9.10. The lowest BCUT2D eigenvalue weighted by atomic mass is 10.2. The topological polar surface area (TPSA) is 13.1 Å². The van der Waals surface area contributed by atoms with Crippen LogP contribution in [0.5, 0.6) is 0 Å². The quantitative estimate of drug-likeness (QED) is 0.672. The van der Waals surface area contributed by atoms with Crippen molar-refractivity contribution in [2.24, 2.45) is 0 Å². The average molecular weight is 229 g/mol. The first-order chi connectivity index (χ1) is 5.70. The number of rotatable bonds is 0. The second-order valence-corrected chi connectivity index (χ2v) is 3.33. The van der Waals surface area contributed by atoms with Crippen molar-refractivity contribution in [3.63, 3.8) is 0 Å². The summed E-state index contributed by atoms with van der Waals surface area (Å²) in [4.78, 5) is 0. The maximum Gasteiger partial charge on any atom is 0.173 e. The second kappa shape index (κ2) is 2.59. The lowest BCUT2D eigenvalue weighted by molar-refractivity contribution is 0.582. The van der Waals surface area contributed by atoms with Gasteiger partial charge in [-0.1, -0.05) is 6.07 Å². The van der Waals surface area contributed by atoms with E-state index in [1.165, 1.54) is 6.07 Å². The predicted molar refractivity (Wildman–Crippen MR) is 48.6 cm³/mol. The molecule has 3 heteroatoms. The van der Waals surface area contributed by atoms with Gasteiger partial charge >= 0.3 is 0 Å². The van der Waals surface area contributed by atoms with Crippen molar-refractivity contribution < 1.29 is 8.81 Å². The summed E-state index contributed by atoms with van der Waals surface area (Å²) >= 11 is 3.21. The molecule has 0 saturated heterocycles. The summed E-state index contributed by atoms with van der Waals surface area (Å²) in [5.74, 6) is -0.237. The molecule has 0 atom stereocenters. The Morgan fingerprint density at radius 3 is 2.83 bits per heavy atom. The number of hydrogen-bond donors (Lipinski definition) is 0. The molecular formula is C9H6BrFO. The minimum atomic E-state index is -0.237. The molecule has 0 saturated carbocycles. The molecule has 0 amide bonds. The summed E-state index contributed by atoms with van der Waals surface area (Å²) in [6, 6.07) is 4.81. The van der Waals surface area contributed by atoms with Crippen molar-refractivity contribution in [3.8, 4) is 0 Å². The minimum Gasteiger partial charge on any atom is -0.449 e. The van der Waals surface area contributed by atoms with Crippen LogP contribution in [0.2, 0.25) is 0 Å². The van der Waals surface area contributed by atoms with E-state index in [2.05, 4.69) is 15.9 Å². The maximum atomic E-state index is 13.2. The molecule has 1 heterocycles. The van der Waals surface area contributed by atoms with Gasteiger partial charge < -0.3 is 4.42 Å². The summed E-state index contributed by atoms with van der Waals surface area (Å²) in [6.45, 7) is 1.82. The number of furan rings is 1. The molecule has 2 aromatic rings. The summed E-state index contributed by atoms with van der Waals surface area (Å²) in [6.07, 6.45) is 0. The lowest BCUT2D eigenvalue weighted by Gasteiger charge is -1.90. The minimum absolute atomic E-state index is 0.237. The zero-order valence-electron chi connectivity index (χ0n) is 6.40. The molecule has 1 aromatic heterocycles. The van der Waals surface area contributed by atoms with Gasteiger partial charge in [0.15, 0.2) is 4.67 Å². The van der Waals surface area contributed by atoms with Crippen molar-refractivity contribution in [2.45, 2.75) is 6.92 Å². The van der Waals surface area contributed by atoms with Crippen molar-refractivity contribution in [3.05, 3.63) is 34.2 Å². The van der Waals surface area contributed by atoms with Crippen molar-refractivity contribution >= 4 is 26.9 Å². The maximum absolute atomic E-state index is 13.2. The van der Waals surface area contributed by atoms with Crippen LogP contribution < -0.4 is 0 Å². The van der Waals surface area contributed by atoms with Gasteiger partial charge in [0.2, 0.25) is 0 Å². The molecule has 0 aliphatic rings. The Morgan fingerprint density at radius 2 is 2.17 bits per heavy atom. The molecule has 2 rings (SSSR count). The number of fused-ring (bicyclic) bond motifs is 1. The Morgan fingerprint density at radius 1 is 1.42 bits per heavy atom. The lowest BCUT2D eigenvalue weighted by Crippen LogP contribution is -1.75. The molecule has 0 fully saturated rings. The zero-order valence-corrected chi connectivity index (χ0v) is 7.98. The van der Waals surface area contributed by atoms with E-state index in [1.807, 2.05) is 6.92 Å². The van der Waals surface area contributed by atoms with Crippen LogP contribution in [-0.4, -0.2) is 0 Å². The molecule has 0 aliphatic carbocycles. The van der Waals surface area contributed by atoms with Gasteiger partial charge in [-0.15, -0.1) is 0 Å². The third-order valence-corrected chi connectivity index (χ3v) is 2.60. The average Bonchev–Trinajstić information content (AvgIpc) is 2.29. The summed E-state index contributed by atoms with van der Waals surface area (Å²) in [5.41, 5.74) is 1.39. The Bertz CT molecular complexity index is 433. The van der Waals surface area contributed by atoms with E-state index >= 15 is 0 Å². The van der Waals surface area contributed by atoms with E-state index in [-0.39, 0.29) is 5.82 Å². The monoisotopic (exact) mass is 228 g/mol. The first-order valence-electron chi connectivity index (χ1n) is 3.53. The standard InChI is InChI=1S/C9H6BrFO/c1-5-8-6(11)3-2-4-7(8)12-9(5)10/h2-4H,1H3. The SMILES string of the molecule is Cc1c(Br)oc2cccc(F)c12. The second-order valence-electron chi connectivity index (χ2n) is 2.61. The molecule has 1 aromatic carbocycles. The largest absolute Gasteiger partial charge is 0.449 e. The molecule has 62 valence electrons.